The quantitative estimate of drug-likeness (QED) is 0.845. The molecule has 0 bridgehead atoms. The average molecular weight is 290 g/mol. The lowest BCUT2D eigenvalue weighted by atomic mass is 9.78. The molecule has 0 aromatic heterocycles. The van der Waals surface area contributed by atoms with Gasteiger partial charge in [0.05, 0.1) is 12.3 Å². The van der Waals surface area contributed by atoms with Gasteiger partial charge in [0.1, 0.15) is 5.75 Å². The topological polar surface area (TPSA) is 64.3 Å². The minimum Gasteiger partial charge on any atom is -0.491 e. The summed E-state index contributed by atoms with van der Waals surface area (Å²) in [4.78, 5) is 12.5. The molecule has 4 heteroatoms. The lowest BCUT2D eigenvalue weighted by molar-refractivity contribution is -0.122. The maximum Gasteiger partial charge on any atom is 0.227 e. The van der Waals surface area contributed by atoms with Crippen molar-refractivity contribution in [3.05, 3.63) is 24.3 Å². The van der Waals surface area contributed by atoms with E-state index in [4.69, 9.17) is 10.5 Å². The number of carbonyl (C=O) groups excluding carboxylic acids is 1. The van der Waals surface area contributed by atoms with E-state index in [1.165, 1.54) is 6.42 Å². The number of para-hydroxylation sites is 2. The van der Waals surface area contributed by atoms with Gasteiger partial charge in [0, 0.05) is 5.92 Å². The summed E-state index contributed by atoms with van der Waals surface area (Å²) in [5.74, 6) is 1.16. The first-order valence-corrected chi connectivity index (χ1v) is 7.99. The van der Waals surface area contributed by atoms with Crippen LogP contribution in [-0.4, -0.2) is 19.1 Å². The van der Waals surface area contributed by atoms with Crippen molar-refractivity contribution in [1.29, 1.82) is 0 Å². The van der Waals surface area contributed by atoms with Crippen molar-refractivity contribution >= 4 is 11.6 Å². The van der Waals surface area contributed by atoms with Crippen LogP contribution in [0, 0.1) is 11.8 Å². The Bertz CT molecular complexity index is 462. The number of nitrogens with two attached hydrogens (primary N) is 1. The molecular formula is C17H26N2O2. The number of ether oxygens (including phenoxy) is 1. The summed E-state index contributed by atoms with van der Waals surface area (Å²) < 4.78 is 5.69. The van der Waals surface area contributed by atoms with E-state index in [2.05, 4.69) is 12.2 Å². The van der Waals surface area contributed by atoms with Gasteiger partial charge in [-0.05, 0) is 43.9 Å². The van der Waals surface area contributed by atoms with Crippen LogP contribution in [0.1, 0.15) is 39.0 Å². The third-order valence-electron chi connectivity index (χ3n) is 4.16. The number of anilines is 1. The van der Waals surface area contributed by atoms with E-state index in [-0.39, 0.29) is 11.8 Å². The Hall–Kier alpha value is -1.55. The van der Waals surface area contributed by atoms with Gasteiger partial charge in [-0.2, -0.15) is 0 Å². The van der Waals surface area contributed by atoms with Gasteiger partial charge in [-0.1, -0.05) is 31.9 Å². The Labute approximate surface area is 127 Å². The number of nitrogens with one attached hydrogen (secondary N) is 1. The molecule has 2 rings (SSSR count). The molecule has 0 radical (unpaired) electrons. The minimum absolute atomic E-state index is 0.0305. The van der Waals surface area contributed by atoms with Gasteiger partial charge in [0.15, 0.2) is 0 Å². The molecular weight excluding hydrogens is 264 g/mol. The standard InChI is InChI=1S/C17H26N2O2/c1-2-11-21-16-10-6-5-9-15(16)19-17(20)14-8-4-3-7-13(14)12-18/h5-6,9-10,13-14H,2-4,7-8,11-12,18H2,1H3,(H,19,20). The Morgan fingerprint density at radius 3 is 2.86 bits per heavy atom. The Balaban J connectivity index is 2.04. The van der Waals surface area contributed by atoms with E-state index < -0.39 is 0 Å². The number of amides is 1. The summed E-state index contributed by atoms with van der Waals surface area (Å²) in [6.45, 7) is 3.31. The molecule has 21 heavy (non-hydrogen) atoms. The second-order valence-electron chi connectivity index (χ2n) is 5.72. The van der Waals surface area contributed by atoms with E-state index in [1.807, 2.05) is 24.3 Å². The third-order valence-corrected chi connectivity index (χ3v) is 4.16. The summed E-state index contributed by atoms with van der Waals surface area (Å²) in [6.07, 6.45) is 5.23. The van der Waals surface area contributed by atoms with Gasteiger partial charge in [-0.25, -0.2) is 0 Å². The molecule has 0 heterocycles. The molecule has 1 aliphatic carbocycles. The maximum absolute atomic E-state index is 12.5. The minimum atomic E-state index is 0.0305. The van der Waals surface area contributed by atoms with Crippen molar-refractivity contribution in [2.45, 2.75) is 39.0 Å². The largest absolute Gasteiger partial charge is 0.491 e. The maximum atomic E-state index is 12.5. The summed E-state index contributed by atoms with van der Waals surface area (Å²) in [7, 11) is 0. The predicted octanol–water partition coefficient (Wildman–Crippen LogP) is 3.18. The highest BCUT2D eigenvalue weighted by Gasteiger charge is 2.30. The van der Waals surface area contributed by atoms with Crippen LogP contribution in [0.5, 0.6) is 5.75 Å². The first-order valence-electron chi connectivity index (χ1n) is 7.99. The molecule has 4 nitrogen and oxygen atoms in total. The lowest BCUT2D eigenvalue weighted by Crippen LogP contribution is -2.35. The van der Waals surface area contributed by atoms with Crippen LogP contribution in [-0.2, 0) is 4.79 Å². The SMILES string of the molecule is CCCOc1ccccc1NC(=O)C1CCCCC1CN. The fourth-order valence-electron chi connectivity index (χ4n) is 2.97. The average Bonchev–Trinajstić information content (AvgIpc) is 2.54. The second kappa shape index (κ2) is 8.03. The van der Waals surface area contributed by atoms with Crippen molar-refractivity contribution in [3.8, 4) is 5.75 Å². The molecule has 1 fully saturated rings. The monoisotopic (exact) mass is 290 g/mol. The fourth-order valence-corrected chi connectivity index (χ4v) is 2.97. The van der Waals surface area contributed by atoms with Crippen molar-refractivity contribution < 1.29 is 9.53 Å². The van der Waals surface area contributed by atoms with Gasteiger partial charge >= 0.3 is 0 Å². The van der Waals surface area contributed by atoms with Crippen molar-refractivity contribution in [2.24, 2.45) is 17.6 Å². The van der Waals surface area contributed by atoms with Crippen LogP contribution >= 0.6 is 0 Å². The fraction of sp³-hybridized carbons (Fsp3) is 0.588. The Kier molecular flexibility index (Phi) is 6.05. The molecule has 2 atom stereocenters. The molecule has 2 unspecified atom stereocenters. The molecule has 1 aliphatic rings. The van der Waals surface area contributed by atoms with Gasteiger partial charge < -0.3 is 15.8 Å². The lowest BCUT2D eigenvalue weighted by Gasteiger charge is -2.29. The van der Waals surface area contributed by atoms with E-state index in [1.54, 1.807) is 0 Å². The molecule has 0 aliphatic heterocycles. The molecule has 0 spiro atoms. The number of hydrogen-bond acceptors (Lipinski definition) is 3. The van der Waals surface area contributed by atoms with Crippen LogP contribution in [0.4, 0.5) is 5.69 Å². The van der Waals surface area contributed by atoms with Gasteiger partial charge in [-0.15, -0.1) is 0 Å². The molecule has 1 aromatic carbocycles. The highest BCUT2D eigenvalue weighted by Crippen LogP contribution is 2.31. The van der Waals surface area contributed by atoms with Gasteiger partial charge in [0.2, 0.25) is 5.91 Å². The highest BCUT2D eigenvalue weighted by atomic mass is 16.5. The molecule has 1 amide bonds. The zero-order chi connectivity index (χ0) is 15.1. The number of hydrogen-bond donors (Lipinski definition) is 2. The smallest absolute Gasteiger partial charge is 0.227 e. The summed E-state index contributed by atoms with van der Waals surface area (Å²) in [5.41, 5.74) is 6.58. The van der Waals surface area contributed by atoms with Crippen LogP contribution in [0.15, 0.2) is 24.3 Å². The zero-order valence-electron chi connectivity index (χ0n) is 12.8. The number of carbonyl (C=O) groups is 1. The van der Waals surface area contributed by atoms with Crippen LogP contribution in [0.2, 0.25) is 0 Å². The van der Waals surface area contributed by atoms with Crippen LogP contribution in [0.25, 0.3) is 0 Å². The second-order valence-corrected chi connectivity index (χ2v) is 5.72. The van der Waals surface area contributed by atoms with Crippen LogP contribution < -0.4 is 15.8 Å². The van der Waals surface area contributed by atoms with E-state index in [0.29, 0.717) is 19.1 Å². The first kappa shape index (κ1) is 15.8. The van der Waals surface area contributed by atoms with Gasteiger partial charge in [0.25, 0.3) is 0 Å². The van der Waals surface area contributed by atoms with Gasteiger partial charge in [-0.3, -0.25) is 4.79 Å². The Morgan fingerprint density at radius 1 is 1.33 bits per heavy atom. The van der Waals surface area contributed by atoms with Crippen molar-refractivity contribution in [1.82, 2.24) is 0 Å². The highest BCUT2D eigenvalue weighted by molar-refractivity contribution is 5.94. The normalized spacial score (nSPS) is 21.8. The van der Waals surface area contributed by atoms with E-state index in [0.717, 1.165) is 37.1 Å². The van der Waals surface area contributed by atoms with Crippen molar-refractivity contribution in [2.75, 3.05) is 18.5 Å². The Morgan fingerprint density at radius 2 is 2.10 bits per heavy atom. The number of benzene rings is 1. The summed E-state index contributed by atoms with van der Waals surface area (Å²) in [6, 6.07) is 7.62. The molecule has 1 saturated carbocycles. The predicted molar refractivity (Wildman–Crippen MR) is 85.4 cm³/mol. The summed E-state index contributed by atoms with van der Waals surface area (Å²) >= 11 is 0. The van der Waals surface area contributed by atoms with E-state index >= 15 is 0 Å². The summed E-state index contributed by atoms with van der Waals surface area (Å²) in [5, 5.41) is 3.03. The molecule has 0 saturated heterocycles. The van der Waals surface area contributed by atoms with Crippen molar-refractivity contribution in [3.63, 3.8) is 0 Å². The number of rotatable bonds is 6. The van der Waals surface area contributed by atoms with E-state index in [9.17, 15) is 4.79 Å². The third kappa shape index (κ3) is 4.21. The molecule has 116 valence electrons. The molecule has 3 N–H and O–H groups in total. The zero-order valence-corrected chi connectivity index (χ0v) is 12.8. The first-order chi connectivity index (χ1) is 10.3. The van der Waals surface area contributed by atoms with Crippen LogP contribution in [0.3, 0.4) is 0 Å². The molecule has 1 aromatic rings.